The number of aromatic nitrogens is 1. The standard InChI is InChI=1S/C15H25N3O2/c1-12-10-18(11-13(2)20-12)9-4-3-7-17-15(19)14-6-5-8-16-14/h5-6,8,12-13,16H,3-4,7,9-11H2,1-2H3,(H,17,19)/t12-,13-/m0/s1. The number of ether oxygens (including phenoxy) is 1. The molecule has 2 rings (SSSR count). The first kappa shape index (κ1) is 15.1. The minimum Gasteiger partial charge on any atom is -0.373 e. The van der Waals surface area contributed by atoms with E-state index < -0.39 is 0 Å². The van der Waals surface area contributed by atoms with Crippen molar-refractivity contribution in [2.75, 3.05) is 26.2 Å². The number of morpholine rings is 1. The van der Waals surface area contributed by atoms with Crippen molar-refractivity contribution in [3.8, 4) is 0 Å². The van der Waals surface area contributed by atoms with Gasteiger partial charge in [0.25, 0.3) is 5.91 Å². The Balaban J connectivity index is 1.56. The third kappa shape index (κ3) is 4.65. The molecule has 2 heterocycles. The SMILES string of the molecule is C[C@H]1CN(CCCCNC(=O)c2ccc[nH]2)C[C@H](C)O1. The molecular weight excluding hydrogens is 254 g/mol. The van der Waals surface area contributed by atoms with E-state index in [0.717, 1.165) is 39.0 Å². The van der Waals surface area contributed by atoms with Gasteiger partial charge in [-0.25, -0.2) is 0 Å². The molecule has 0 bridgehead atoms. The Morgan fingerprint density at radius 1 is 1.40 bits per heavy atom. The van der Waals surface area contributed by atoms with Crippen molar-refractivity contribution in [3.63, 3.8) is 0 Å². The monoisotopic (exact) mass is 279 g/mol. The highest BCUT2D eigenvalue weighted by atomic mass is 16.5. The topological polar surface area (TPSA) is 57.4 Å². The van der Waals surface area contributed by atoms with E-state index in [4.69, 9.17) is 4.74 Å². The summed E-state index contributed by atoms with van der Waals surface area (Å²) in [4.78, 5) is 17.0. The van der Waals surface area contributed by atoms with E-state index in [-0.39, 0.29) is 5.91 Å². The minimum absolute atomic E-state index is 0.0244. The van der Waals surface area contributed by atoms with Crippen molar-refractivity contribution >= 4 is 5.91 Å². The van der Waals surface area contributed by atoms with E-state index in [2.05, 4.69) is 29.0 Å². The van der Waals surface area contributed by atoms with Crippen LogP contribution in [-0.4, -0.2) is 54.2 Å². The zero-order chi connectivity index (χ0) is 14.4. The van der Waals surface area contributed by atoms with Gasteiger partial charge < -0.3 is 15.0 Å². The lowest BCUT2D eigenvalue weighted by Gasteiger charge is -2.35. The van der Waals surface area contributed by atoms with Crippen LogP contribution in [0.3, 0.4) is 0 Å². The minimum atomic E-state index is -0.0244. The van der Waals surface area contributed by atoms with Gasteiger partial charge in [0.05, 0.1) is 12.2 Å². The van der Waals surface area contributed by atoms with Gasteiger partial charge in [0.15, 0.2) is 0 Å². The normalized spacial score (nSPS) is 23.7. The van der Waals surface area contributed by atoms with E-state index in [1.165, 1.54) is 0 Å². The van der Waals surface area contributed by atoms with Crippen LogP contribution in [0.1, 0.15) is 37.2 Å². The van der Waals surface area contributed by atoms with Crippen LogP contribution < -0.4 is 5.32 Å². The van der Waals surface area contributed by atoms with Gasteiger partial charge in [-0.1, -0.05) is 0 Å². The number of carbonyl (C=O) groups is 1. The maximum atomic E-state index is 11.7. The predicted octanol–water partition coefficient (Wildman–Crippen LogP) is 1.63. The molecule has 5 heteroatoms. The highest BCUT2D eigenvalue weighted by Crippen LogP contribution is 2.11. The van der Waals surface area contributed by atoms with Crippen LogP contribution in [-0.2, 0) is 4.74 Å². The second-order valence-electron chi connectivity index (χ2n) is 5.56. The Bertz CT molecular complexity index is 395. The molecule has 1 amide bonds. The number of amides is 1. The molecule has 2 N–H and O–H groups in total. The molecule has 112 valence electrons. The van der Waals surface area contributed by atoms with Crippen molar-refractivity contribution < 1.29 is 9.53 Å². The summed E-state index contributed by atoms with van der Waals surface area (Å²) in [6.07, 6.45) is 4.52. The van der Waals surface area contributed by atoms with Gasteiger partial charge in [0.2, 0.25) is 0 Å². The zero-order valence-electron chi connectivity index (χ0n) is 12.4. The lowest BCUT2D eigenvalue weighted by atomic mass is 10.2. The lowest BCUT2D eigenvalue weighted by Crippen LogP contribution is -2.45. The number of nitrogens with zero attached hydrogens (tertiary/aromatic N) is 1. The molecule has 2 atom stereocenters. The molecule has 5 nitrogen and oxygen atoms in total. The third-order valence-corrected chi connectivity index (χ3v) is 3.52. The Hall–Kier alpha value is -1.33. The molecule has 1 fully saturated rings. The number of aromatic amines is 1. The summed E-state index contributed by atoms with van der Waals surface area (Å²) in [7, 11) is 0. The second kappa shape index (κ2) is 7.45. The van der Waals surface area contributed by atoms with Crippen LogP contribution in [0.15, 0.2) is 18.3 Å². The Kier molecular flexibility index (Phi) is 5.61. The largest absolute Gasteiger partial charge is 0.373 e. The molecule has 0 aromatic carbocycles. The van der Waals surface area contributed by atoms with Gasteiger partial charge in [-0.2, -0.15) is 0 Å². The number of unbranched alkanes of at least 4 members (excludes halogenated alkanes) is 1. The molecule has 1 aliphatic rings. The van der Waals surface area contributed by atoms with Crippen molar-refractivity contribution in [3.05, 3.63) is 24.0 Å². The van der Waals surface area contributed by atoms with Gasteiger partial charge in [0.1, 0.15) is 5.69 Å². The van der Waals surface area contributed by atoms with Crippen molar-refractivity contribution in [2.45, 2.75) is 38.9 Å². The first-order valence-electron chi connectivity index (χ1n) is 7.44. The number of H-pyrrole nitrogens is 1. The first-order valence-corrected chi connectivity index (χ1v) is 7.44. The summed E-state index contributed by atoms with van der Waals surface area (Å²) in [6.45, 7) is 8.08. The van der Waals surface area contributed by atoms with Gasteiger partial charge in [0, 0.05) is 25.8 Å². The van der Waals surface area contributed by atoms with Crippen LogP contribution in [0, 0.1) is 0 Å². The van der Waals surface area contributed by atoms with Gasteiger partial charge in [-0.15, -0.1) is 0 Å². The van der Waals surface area contributed by atoms with Crippen LogP contribution in [0.5, 0.6) is 0 Å². The van der Waals surface area contributed by atoms with E-state index in [1.807, 2.05) is 6.07 Å². The summed E-state index contributed by atoms with van der Waals surface area (Å²) in [6, 6.07) is 3.61. The fourth-order valence-electron chi connectivity index (χ4n) is 2.70. The Labute approximate surface area is 120 Å². The summed E-state index contributed by atoms with van der Waals surface area (Å²) >= 11 is 0. The number of rotatable bonds is 6. The molecule has 0 aliphatic carbocycles. The predicted molar refractivity (Wildman–Crippen MR) is 78.8 cm³/mol. The summed E-state index contributed by atoms with van der Waals surface area (Å²) in [5.41, 5.74) is 0.626. The average Bonchev–Trinajstić information content (AvgIpc) is 2.90. The van der Waals surface area contributed by atoms with Crippen LogP contribution in [0.4, 0.5) is 0 Å². The van der Waals surface area contributed by atoms with E-state index >= 15 is 0 Å². The number of hydrogen-bond donors (Lipinski definition) is 2. The maximum Gasteiger partial charge on any atom is 0.267 e. The van der Waals surface area contributed by atoms with Crippen molar-refractivity contribution in [1.29, 1.82) is 0 Å². The van der Waals surface area contributed by atoms with E-state index in [1.54, 1.807) is 12.3 Å². The summed E-state index contributed by atoms with van der Waals surface area (Å²) in [5.74, 6) is -0.0244. The Morgan fingerprint density at radius 2 is 2.15 bits per heavy atom. The average molecular weight is 279 g/mol. The maximum absolute atomic E-state index is 11.7. The molecule has 1 saturated heterocycles. The number of carbonyl (C=O) groups excluding carboxylic acids is 1. The van der Waals surface area contributed by atoms with E-state index in [0.29, 0.717) is 17.9 Å². The van der Waals surface area contributed by atoms with Gasteiger partial charge >= 0.3 is 0 Å². The van der Waals surface area contributed by atoms with E-state index in [9.17, 15) is 4.79 Å². The molecule has 0 spiro atoms. The van der Waals surface area contributed by atoms with Crippen LogP contribution in [0.25, 0.3) is 0 Å². The first-order chi connectivity index (χ1) is 9.65. The molecular formula is C15H25N3O2. The van der Waals surface area contributed by atoms with Crippen LogP contribution >= 0.6 is 0 Å². The highest BCUT2D eigenvalue weighted by molar-refractivity contribution is 5.92. The smallest absolute Gasteiger partial charge is 0.267 e. The van der Waals surface area contributed by atoms with Crippen LogP contribution in [0.2, 0.25) is 0 Å². The van der Waals surface area contributed by atoms with Gasteiger partial charge in [-0.05, 0) is 45.4 Å². The Morgan fingerprint density at radius 3 is 2.80 bits per heavy atom. The van der Waals surface area contributed by atoms with Crippen molar-refractivity contribution in [1.82, 2.24) is 15.2 Å². The molecule has 1 aromatic heterocycles. The zero-order valence-corrected chi connectivity index (χ0v) is 12.4. The number of hydrogen-bond acceptors (Lipinski definition) is 3. The molecule has 1 aromatic rings. The fraction of sp³-hybridized carbons (Fsp3) is 0.667. The molecule has 0 radical (unpaired) electrons. The second-order valence-corrected chi connectivity index (χ2v) is 5.56. The summed E-state index contributed by atoms with van der Waals surface area (Å²) < 4.78 is 5.71. The highest BCUT2D eigenvalue weighted by Gasteiger charge is 2.21. The number of nitrogens with one attached hydrogen (secondary N) is 2. The molecule has 0 saturated carbocycles. The molecule has 20 heavy (non-hydrogen) atoms. The molecule has 0 unspecified atom stereocenters. The fourth-order valence-corrected chi connectivity index (χ4v) is 2.70. The lowest BCUT2D eigenvalue weighted by molar-refractivity contribution is -0.0681. The quantitative estimate of drug-likeness (QED) is 0.778. The third-order valence-electron chi connectivity index (χ3n) is 3.52. The summed E-state index contributed by atoms with van der Waals surface area (Å²) in [5, 5.41) is 2.93. The van der Waals surface area contributed by atoms with Crippen molar-refractivity contribution in [2.24, 2.45) is 0 Å². The molecule has 1 aliphatic heterocycles. The van der Waals surface area contributed by atoms with Gasteiger partial charge in [-0.3, -0.25) is 9.69 Å².